The number of allylic oxidation sites excluding steroid dienone is 1. The summed E-state index contributed by atoms with van der Waals surface area (Å²) in [4.78, 5) is 0. The van der Waals surface area contributed by atoms with E-state index in [4.69, 9.17) is 4.74 Å². The Morgan fingerprint density at radius 3 is 3.07 bits per heavy atom. The van der Waals surface area contributed by atoms with Crippen molar-refractivity contribution in [3.63, 3.8) is 0 Å². The minimum Gasteiger partial charge on any atom is -0.386 e. The Morgan fingerprint density at radius 2 is 2.50 bits per heavy atom. The number of rotatable bonds is 6. The zero-order valence-corrected chi connectivity index (χ0v) is 8.96. The summed E-state index contributed by atoms with van der Waals surface area (Å²) < 4.78 is 5.34. The highest BCUT2D eigenvalue weighted by Crippen LogP contribution is 2.24. The zero-order valence-electron chi connectivity index (χ0n) is 8.96. The molecule has 0 bridgehead atoms. The Balaban J connectivity index is 2.13. The van der Waals surface area contributed by atoms with Gasteiger partial charge < -0.3 is 15.2 Å². The highest BCUT2D eigenvalue weighted by atomic mass is 16.5. The van der Waals surface area contributed by atoms with Crippen LogP contribution in [0.15, 0.2) is 12.7 Å². The normalized spacial score (nSPS) is 32.0. The highest BCUT2D eigenvalue weighted by Gasteiger charge is 2.38. The second-order valence-electron chi connectivity index (χ2n) is 3.97. The maximum Gasteiger partial charge on any atom is 0.105 e. The van der Waals surface area contributed by atoms with Crippen LogP contribution in [0.3, 0.4) is 0 Å². The zero-order chi connectivity index (χ0) is 10.4. The number of aliphatic hydroxyl groups is 1. The van der Waals surface area contributed by atoms with Crippen LogP contribution < -0.4 is 5.32 Å². The first-order valence-corrected chi connectivity index (χ1v) is 5.34. The minimum atomic E-state index is -0.659. The number of nitrogens with one attached hydrogen (secondary N) is 1. The van der Waals surface area contributed by atoms with Crippen LogP contribution in [0, 0.1) is 0 Å². The molecule has 0 aromatic carbocycles. The van der Waals surface area contributed by atoms with Gasteiger partial charge in [0.2, 0.25) is 0 Å². The van der Waals surface area contributed by atoms with E-state index in [9.17, 15) is 5.11 Å². The summed E-state index contributed by atoms with van der Waals surface area (Å²) in [6.07, 6.45) is 4.71. The number of hydrogen-bond donors (Lipinski definition) is 2. The van der Waals surface area contributed by atoms with Crippen LogP contribution in [-0.2, 0) is 4.74 Å². The van der Waals surface area contributed by atoms with E-state index in [2.05, 4.69) is 11.9 Å². The molecule has 82 valence electrons. The lowest BCUT2D eigenvalue weighted by molar-refractivity contribution is -0.0259. The van der Waals surface area contributed by atoms with Crippen molar-refractivity contribution in [2.24, 2.45) is 0 Å². The van der Waals surface area contributed by atoms with E-state index in [0.29, 0.717) is 13.2 Å². The maximum atomic E-state index is 10.1. The molecule has 1 aliphatic rings. The predicted octanol–water partition coefficient (Wildman–Crippen LogP) is 1.08. The monoisotopic (exact) mass is 199 g/mol. The number of hydrogen-bond acceptors (Lipinski definition) is 3. The Labute approximate surface area is 86.2 Å². The van der Waals surface area contributed by atoms with Gasteiger partial charge in [0.15, 0.2) is 0 Å². The summed E-state index contributed by atoms with van der Waals surface area (Å²) in [5.74, 6) is 0. The third kappa shape index (κ3) is 3.08. The van der Waals surface area contributed by atoms with Crippen molar-refractivity contribution in [3.8, 4) is 0 Å². The maximum absolute atomic E-state index is 10.1. The van der Waals surface area contributed by atoms with Crippen LogP contribution in [0.25, 0.3) is 0 Å². The van der Waals surface area contributed by atoms with Gasteiger partial charge in [0.1, 0.15) is 5.60 Å². The fourth-order valence-corrected chi connectivity index (χ4v) is 1.68. The fourth-order valence-electron chi connectivity index (χ4n) is 1.68. The molecule has 0 aromatic rings. The summed E-state index contributed by atoms with van der Waals surface area (Å²) >= 11 is 0. The molecule has 0 aliphatic carbocycles. The van der Waals surface area contributed by atoms with Gasteiger partial charge in [0.25, 0.3) is 0 Å². The Hall–Kier alpha value is -0.380. The first kappa shape index (κ1) is 11.7. The average molecular weight is 199 g/mol. The van der Waals surface area contributed by atoms with Crippen molar-refractivity contribution in [2.45, 2.75) is 37.9 Å². The van der Waals surface area contributed by atoms with Crippen LogP contribution in [0.1, 0.15) is 26.2 Å². The topological polar surface area (TPSA) is 41.5 Å². The van der Waals surface area contributed by atoms with E-state index in [1.807, 2.05) is 13.0 Å². The van der Waals surface area contributed by atoms with Gasteiger partial charge in [-0.05, 0) is 26.3 Å². The van der Waals surface area contributed by atoms with Crippen molar-refractivity contribution in [3.05, 3.63) is 12.7 Å². The van der Waals surface area contributed by atoms with Crippen LogP contribution in [0.5, 0.6) is 0 Å². The molecule has 2 atom stereocenters. The van der Waals surface area contributed by atoms with E-state index in [1.54, 1.807) is 0 Å². The quantitative estimate of drug-likeness (QED) is 0.497. The largest absolute Gasteiger partial charge is 0.386 e. The standard InChI is InChI=1S/C11H21NO2/c1-3-4-5-7-12-9-11(13)6-8-14-10(11)2/h3,10,12-13H,1,4-9H2,2H3. The van der Waals surface area contributed by atoms with Gasteiger partial charge in [-0.2, -0.15) is 0 Å². The molecule has 0 spiro atoms. The van der Waals surface area contributed by atoms with Gasteiger partial charge in [0, 0.05) is 19.6 Å². The first-order valence-electron chi connectivity index (χ1n) is 5.34. The molecule has 2 unspecified atom stereocenters. The van der Waals surface area contributed by atoms with E-state index in [1.165, 1.54) is 0 Å². The molecule has 0 saturated carbocycles. The molecule has 1 aliphatic heterocycles. The molecule has 1 heterocycles. The summed E-state index contributed by atoms with van der Waals surface area (Å²) in [7, 11) is 0. The van der Waals surface area contributed by atoms with E-state index in [-0.39, 0.29) is 6.10 Å². The van der Waals surface area contributed by atoms with Gasteiger partial charge in [0.05, 0.1) is 6.10 Å². The van der Waals surface area contributed by atoms with Crippen molar-refractivity contribution in [1.29, 1.82) is 0 Å². The van der Waals surface area contributed by atoms with Crippen molar-refractivity contribution in [1.82, 2.24) is 5.32 Å². The van der Waals surface area contributed by atoms with Gasteiger partial charge in [-0.25, -0.2) is 0 Å². The van der Waals surface area contributed by atoms with Crippen molar-refractivity contribution in [2.75, 3.05) is 19.7 Å². The van der Waals surface area contributed by atoms with Gasteiger partial charge in [-0.1, -0.05) is 6.08 Å². The predicted molar refractivity (Wildman–Crippen MR) is 57.3 cm³/mol. The third-order valence-corrected chi connectivity index (χ3v) is 2.85. The second kappa shape index (κ2) is 5.49. The lowest BCUT2D eigenvalue weighted by Crippen LogP contribution is -2.46. The highest BCUT2D eigenvalue weighted by molar-refractivity contribution is 4.91. The molecule has 1 saturated heterocycles. The lowest BCUT2D eigenvalue weighted by Gasteiger charge is -2.26. The van der Waals surface area contributed by atoms with Gasteiger partial charge in [-0.15, -0.1) is 6.58 Å². The Kier molecular flexibility index (Phi) is 4.58. The van der Waals surface area contributed by atoms with Gasteiger partial charge in [-0.3, -0.25) is 0 Å². The summed E-state index contributed by atoms with van der Waals surface area (Å²) in [5, 5.41) is 13.4. The molecular formula is C11H21NO2. The Bertz CT molecular complexity index is 184. The lowest BCUT2D eigenvalue weighted by atomic mass is 9.97. The molecule has 0 radical (unpaired) electrons. The van der Waals surface area contributed by atoms with Crippen LogP contribution >= 0.6 is 0 Å². The van der Waals surface area contributed by atoms with Crippen molar-refractivity contribution < 1.29 is 9.84 Å². The molecule has 3 nitrogen and oxygen atoms in total. The summed E-state index contributed by atoms with van der Waals surface area (Å²) in [6, 6.07) is 0. The summed E-state index contributed by atoms with van der Waals surface area (Å²) in [5.41, 5.74) is -0.659. The fraction of sp³-hybridized carbons (Fsp3) is 0.818. The number of ether oxygens (including phenoxy) is 1. The van der Waals surface area contributed by atoms with Crippen LogP contribution in [0.4, 0.5) is 0 Å². The number of unbranched alkanes of at least 4 members (excludes halogenated alkanes) is 1. The Morgan fingerprint density at radius 1 is 1.71 bits per heavy atom. The molecule has 3 heteroatoms. The second-order valence-corrected chi connectivity index (χ2v) is 3.97. The molecule has 1 fully saturated rings. The SMILES string of the molecule is C=CCCCNCC1(O)CCOC1C. The average Bonchev–Trinajstić information content (AvgIpc) is 2.47. The summed E-state index contributed by atoms with van der Waals surface area (Å²) in [6.45, 7) is 7.83. The van der Waals surface area contributed by atoms with Crippen molar-refractivity contribution >= 4 is 0 Å². The van der Waals surface area contributed by atoms with E-state index >= 15 is 0 Å². The van der Waals surface area contributed by atoms with Crippen LogP contribution in [-0.4, -0.2) is 36.5 Å². The third-order valence-electron chi connectivity index (χ3n) is 2.85. The molecule has 14 heavy (non-hydrogen) atoms. The molecule has 2 N–H and O–H groups in total. The van der Waals surface area contributed by atoms with E-state index in [0.717, 1.165) is 25.8 Å². The smallest absolute Gasteiger partial charge is 0.105 e. The first-order chi connectivity index (χ1) is 6.69. The molecular weight excluding hydrogens is 178 g/mol. The minimum absolute atomic E-state index is 0.0468. The van der Waals surface area contributed by atoms with E-state index < -0.39 is 5.60 Å². The molecule has 0 aromatic heterocycles. The molecule has 1 rings (SSSR count). The van der Waals surface area contributed by atoms with Crippen LogP contribution in [0.2, 0.25) is 0 Å². The van der Waals surface area contributed by atoms with Gasteiger partial charge >= 0.3 is 0 Å². The molecule has 0 amide bonds.